The molecule has 82 valence electrons. The van der Waals surface area contributed by atoms with Crippen LogP contribution < -0.4 is 11.1 Å². The Balaban J connectivity index is 2.60. The molecule has 0 saturated carbocycles. The Hall–Kier alpha value is -1.43. The molecule has 0 unspecified atom stereocenters. The number of rotatable bonds is 4. The molecule has 1 aromatic rings. The van der Waals surface area contributed by atoms with Crippen LogP contribution in [0.15, 0.2) is 5.38 Å². The summed E-state index contributed by atoms with van der Waals surface area (Å²) in [6, 6.07) is 0. The van der Waals surface area contributed by atoms with Gasteiger partial charge >= 0.3 is 0 Å². The number of nitrogens with two attached hydrogens (primary N) is 1. The monoisotopic (exact) mass is 227 g/mol. The molecule has 0 aliphatic carbocycles. The van der Waals surface area contributed by atoms with Crippen molar-refractivity contribution >= 4 is 28.3 Å². The van der Waals surface area contributed by atoms with Gasteiger partial charge in [0, 0.05) is 11.3 Å². The summed E-state index contributed by atoms with van der Waals surface area (Å²) in [4.78, 5) is 26.0. The second kappa shape index (κ2) is 4.88. The van der Waals surface area contributed by atoms with E-state index in [2.05, 4.69) is 10.3 Å². The van der Waals surface area contributed by atoms with Crippen LogP contribution in [0.25, 0.3) is 0 Å². The van der Waals surface area contributed by atoms with E-state index in [1.165, 1.54) is 11.3 Å². The van der Waals surface area contributed by atoms with E-state index in [4.69, 9.17) is 5.73 Å². The molecule has 0 bridgehead atoms. The molecular weight excluding hydrogens is 214 g/mol. The van der Waals surface area contributed by atoms with E-state index in [-0.39, 0.29) is 18.2 Å². The van der Waals surface area contributed by atoms with Gasteiger partial charge in [-0.25, -0.2) is 4.98 Å². The van der Waals surface area contributed by atoms with Crippen molar-refractivity contribution in [2.75, 3.05) is 5.32 Å². The number of hydrogen-bond donors (Lipinski definition) is 2. The summed E-state index contributed by atoms with van der Waals surface area (Å²) in [5.41, 5.74) is 5.61. The van der Waals surface area contributed by atoms with Crippen LogP contribution in [0.5, 0.6) is 0 Å². The minimum absolute atomic E-state index is 0.0880. The van der Waals surface area contributed by atoms with Crippen molar-refractivity contribution in [2.24, 2.45) is 11.7 Å². The van der Waals surface area contributed by atoms with Crippen LogP contribution >= 0.6 is 11.3 Å². The highest BCUT2D eigenvalue weighted by Crippen LogP contribution is 2.16. The summed E-state index contributed by atoms with van der Waals surface area (Å²) in [6.07, 6.45) is 0.105. The maximum Gasteiger partial charge on any atom is 0.228 e. The van der Waals surface area contributed by atoms with Crippen LogP contribution in [0.3, 0.4) is 0 Å². The highest BCUT2D eigenvalue weighted by molar-refractivity contribution is 7.13. The fraction of sp³-hybridized carbons (Fsp3) is 0.444. The summed E-state index contributed by atoms with van der Waals surface area (Å²) >= 11 is 1.29. The van der Waals surface area contributed by atoms with Gasteiger partial charge in [-0.1, -0.05) is 13.8 Å². The average molecular weight is 227 g/mol. The number of nitrogens with zero attached hydrogens (tertiary/aromatic N) is 1. The first-order valence-electron chi connectivity index (χ1n) is 4.52. The standard InChI is InChI=1S/C9H13N3O2S/c1-5(2)8(14)12-9-11-6(4-15-9)3-7(10)13/h4-5H,3H2,1-2H3,(H2,10,13)(H,11,12,14). The maximum absolute atomic E-state index is 11.3. The Labute approximate surface area is 91.7 Å². The zero-order chi connectivity index (χ0) is 11.4. The van der Waals surface area contributed by atoms with Crippen LogP contribution in [-0.4, -0.2) is 16.8 Å². The maximum atomic E-state index is 11.3. The predicted molar refractivity (Wildman–Crippen MR) is 58.5 cm³/mol. The van der Waals surface area contributed by atoms with Crippen molar-refractivity contribution in [2.45, 2.75) is 20.3 Å². The van der Waals surface area contributed by atoms with Crippen LogP contribution in [0.2, 0.25) is 0 Å². The van der Waals surface area contributed by atoms with Crippen molar-refractivity contribution in [1.82, 2.24) is 4.98 Å². The van der Waals surface area contributed by atoms with E-state index >= 15 is 0 Å². The third-order valence-corrected chi connectivity index (χ3v) is 2.47. The lowest BCUT2D eigenvalue weighted by Gasteiger charge is -2.03. The number of carbonyl (C=O) groups excluding carboxylic acids is 2. The smallest absolute Gasteiger partial charge is 0.228 e. The van der Waals surface area contributed by atoms with E-state index in [0.29, 0.717) is 10.8 Å². The molecule has 6 heteroatoms. The zero-order valence-corrected chi connectivity index (χ0v) is 9.43. The molecule has 0 atom stereocenters. The van der Waals surface area contributed by atoms with E-state index in [1.54, 1.807) is 19.2 Å². The van der Waals surface area contributed by atoms with Gasteiger partial charge in [0.25, 0.3) is 0 Å². The van der Waals surface area contributed by atoms with Gasteiger partial charge in [0.05, 0.1) is 12.1 Å². The van der Waals surface area contributed by atoms with Gasteiger partial charge in [-0.3, -0.25) is 9.59 Å². The Morgan fingerprint density at radius 2 is 2.27 bits per heavy atom. The van der Waals surface area contributed by atoms with Crippen LogP contribution in [0, 0.1) is 5.92 Å². The Kier molecular flexibility index (Phi) is 3.79. The Morgan fingerprint density at radius 1 is 1.60 bits per heavy atom. The average Bonchev–Trinajstić information content (AvgIpc) is 2.51. The second-order valence-corrected chi connectivity index (χ2v) is 4.29. The number of aromatic nitrogens is 1. The Morgan fingerprint density at radius 3 is 2.80 bits per heavy atom. The molecule has 0 aliphatic heterocycles. The molecule has 15 heavy (non-hydrogen) atoms. The van der Waals surface area contributed by atoms with Crippen molar-refractivity contribution in [3.05, 3.63) is 11.1 Å². The number of anilines is 1. The van der Waals surface area contributed by atoms with Gasteiger partial charge in [0.15, 0.2) is 5.13 Å². The van der Waals surface area contributed by atoms with Crippen molar-refractivity contribution in [1.29, 1.82) is 0 Å². The number of hydrogen-bond acceptors (Lipinski definition) is 4. The molecule has 1 rings (SSSR count). The predicted octanol–water partition coefficient (Wildman–Crippen LogP) is 0.765. The molecule has 0 radical (unpaired) electrons. The number of primary amides is 1. The van der Waals surface area contributed by atoms with E-state index in [9.17, 15) is 9.59 Å². The molecule has 1 heterocycles. The number of carbonyl (C=O) groups is 2. The normalized spacial score (nSPS) is 10.3. The number of amides is 2. The van der Waals surface area contributed by atoms with Crippen LogP contribution in [0.4, 0.5) is 5.13 Å². The molecule has 0 saturated heterocycles. The fourth-order valence-electron chi connectivity index (χ4n) is 0.874. The lowest BCUT2D eigenvalue weighted by atomic mass is 10.2. The van der Waals surface area contributed by atoms with E-state index < -0.39 is 5.91 Å². The van der Waals surface area contributed by atoms with Crippen LogP contribution in [0.1, 0.15) is 19.5 Å². The molecule has 0 spiro atoms. The van der Waals surface area contributed by atoms with Crippen molar-refractivity contribution < 1.29 is 9.59 Å². The lowest BCUT2D eigenvalue weighted by Crippen LogP contribution is -2.18. The number of nitrogens with one attached hydrogen (secondary N) is 1. The lowest BCUT2D eigenvalue weighted by molar-refractivity contribution is -0.119. The van der Waals surface area contributed by atoms with Gasteiger partial charge < -0.3 is 11.1 Å². The third kappa shape index (κ3) is 3.67. The minimum atomic E-state index is -0.429. The largest absolute Gasteiger partial charge is 0.369 e. The van der Waals surface area contributed by atoms with Crippen molar-refractivity contribution in [3.8, 4) is 0 Å². The molecule has 3 N–H and O–H groups in total. The third-order valence-electron chi connectivity index (χ3n) is 1.66. The van der Waals surface area contributed by atoms with E-state index in [0.717, 1.165) is 0 Å². The van der Waals surface area contributed by atoms with Gasteiger partial charge in [-0.2, -0.15) is 0 Å². The zero-order valence-electron chi connectivity index (χ0n) is 8.61. The summed E-state index contributed by atoms with van der Waals surface area (Å²) in [5.74, 6) is -0.606. The summed E-state index contributed by atoms with van der Waals surface area (Å²) < 4.78 is 0. The van der Waals surface area contributed by atoms with E-state index in [1.807, 2.05) is 0 Å². The summed E-state index contributed by atoms with van der Waals surface area (Å²) in [7, 11) is 0. The van der Waals surface area contributed by atoms with Gasteiger partial charge in [-0.15, -0.1) is 11.3 Å². The molecule has 1 aromatic heterocycles. The quantitative estimate of drug-likeness (QED) is 0.796. The molecule has 5 nitrogen and oxygen atoms in total. The molecule has 2 amide bonds. The van der Waals surface area contributed by atoms with Crippen molar-refractivity contribution in [3.63, 3.8) is 0 Å². The Bertz CT molecular complexity index is 373. The molecule has 0 fully saturated rings. The minimum Gasteiger partial charge on any atom is -0.369 e. The molecule has 0 aromatic carbocycles. The summed E-state index contributed by atoms with van der Waals surface area (Å²) in [5, 5.41) is 4.86. The van der Waals surface area contributed by atoms with Gasteiger partial charge in [0.2, 0.25) is 11.8 Å². The SMILES string of the molecule is CC(C)C(=O)Nc1nc(CC(N)=O)cs1. The van der Waals surface area contributed by atoms with Gasteiger partial charge in [-0.05, 0) is 0 Å². The van der Waals surface area contributed by atoms with Gasteiger partial charge in [0.1, 0.15) is 0 Å². The molecule has 0 aliphatic rings. The first-order chi connectivity index (χ1) is 6.99. The highest BCUT2D eigenvalue weighted by atomic mass is 32.1. The number of thiazole rings is 1. The highest BCUT2D eigenvalue weighted by Gasteiger charge is 2.10. The fourth-order valence-corrected chi connectivity index (χ4v) is 1.59. The summed E-state index contributed by atoms with van der Waals surface area (Å²) in [6.45, 7) is 3.60. The second-order valence-electron chi connectivity index (χ2n) is 3.43. The molecular formula is C9H13N3O2S. The topological polar surface area (TPSA) is 85.1 Å². The van der Waals surface area contributed by atoms with Crippen LogP contribution in [-0.2, 0) is 16.0 Å². The first kappa shape index (κ1) is 11.6. The first-order valence-corrected chi connectivity index (χ1v) is 5.40.